The first-order chi connectivity index (χ1) is 7.93. The van der Waals surface area contributed by atoms with Gasteiger partial charge in [-0.05, 0) is 51.6 Å². The summed E-state index contributed by atoms with van der Waals surface area (Å²) in [5.74, 6) is 0. The van der Waals surface area contributed by atoms with Crippen molar-refractivity contribution in [2.45, 2.75) is 57.5 Å². The normalized spacial score (nSPS) is 20.4. The molecular weight excluding hydrogens is 202 g/mol. The van der Waals surface area contributed by atoms with Gasteiger partial charge in [0.15, 0.2) is 0 Å². The van der Waals surface area contributed by atoms with Gasteiger partial charge in [-0.2, -0.15) is 0 Å². The van der Waals surface area contributed by atoms with Gasteiger partial charge >= 0.3 is 0 Å². The van der Waals surface area contributed by atoms with Crippen molar-refractivity contribution in [3.05, 3.63) is 0 Å². The van der Waals surface area contributed by atoms with Gasteiger partial charge in [0.2, 0.25) is 0 Å². The van der Waals surface area contributed by atoms with E-state index in [9.17, 15) is 0 Å². The molecule has 3 nitrogen and oxygen atoms in total. The number of nitrogens with one attached hydrogen (secondary N) is 1. The van der Waals surface area contributed by atoms with Crippen molar-refractivity contribution in [1.29, 1.82) is 0 Å². The lowest BCUT2D eigenvalue weighted by Crippen LogP contribution is -2.18. The molecule has 0 aromatic rings. The molecule has 3 heteroatoms. The topological polar surface area (TPSA) is 41.5 Å². The SMILES string of the molecule is OCCCCCCNCCCC1CCCO1. The summed E-state index contributed by atoms with van der Waals surface area (Å²) in [6.45, 7) is 3.56. The highest BCUT2D eigenvalue weighted by molar-refractivity contribution is 4.65. The van der Waals surface area contributed by atoms with Gasteiger partial charge in [-0.3, -0.25) is 0 Å². The third kappa shape index (κ3) is 7.20. The molecule has 1 aliphatic heterocycles. The highest BCUT2D eigenvalue weighted by atomic mass is 16.5. The molecule has 1 saturated heterocycles. The number of unbranched alkanes of at least 4 members (excludes halogenated alkanes) is 3. The van der Waals surface area contributed by atoms with E-state index in [4.69, 9.17) is 9.84 Å². The van der Waals surface area contributed by atoms with Crippen molar-refractivity contribution in [1.82, 2.24) is 5.32 Å². The Labute approximate surface area is 99.6 Å². The Morgan fingerprint density at radius 3 is 2.62 bits per heavy atom. The Morgan fingerprint density at radius 1 is 1.06 bits per heavy atom. The van der Waals surface area contributed by atoms with Crippen LogP contribution in [0.3, 0.4) is 0 Å². The fourth-order valence-corrected chi connectivity index (χ4v) is 2.17. The maximum atomic E-state index is 8.62. The first-order valence-electron chi connectivity index (χ1n) is 6.86. The van der Waals surface area contributed by atoms with Gasteiger partial charge < -0.3 is 15.2 Å². The fraction of sp³-hybridized carbons (Fsp3) is 1.00. The molecule has 0 spiro atoms. The molecule has 0 aliphatic carbocycles. The van der Waals surface area contributed by atoms with E-state index in [0.717, 1.165) is 32.5 Å². The summed E-state index contributed by atoms with van der Waals surface area (Å²) in [5, 5.41) is 12.1. The van der Waals surface area contributed by atoms with Crippen molar-refractivity contribution in [3.8, 4) is 0 Å². The van der Waals surface area contributed by atoms with Gasteiger partial charge in [-0.1, -0.05) is 12.8 Å². The summed E-state index contributed by atoms with van der Waals surface area (Å²) >= 11 is 0. The van der Waals surface area contributed by atoms with Crippen LogP contribution < -0.4 is 5.32 Å². The van der Waals surface area contributed by atoms with E-state index >= 15 is 0 Å². The Hall–Kier alpha value is -0.120. The van der Waals surface area contributed by atoms with Crippen LogP contribution in [0, 0.1) is 0 Å². The summed E-state index contributed by atoms with van der Waals surface area (Å²) in [5.41, 5.74) is 0. The second kappa shape index (κ2) is 10.1. The van der Waals surface area contributed by atoms with Crippen molar-refractivity contribution in [2.75, 3.05) is 26.3 Å². The molecule has 2 N–H and O–H groups in total. The number of aliphatic hydroxyl groups is 1. The Morgan fingerprint density at radius 2 is 1.88 bits per heavy atom. The van der Waals surface area contributed by atoms with Crippen molar-refractivity contribution >= 4 is 0 Å². The summed E-state index contributed by atoms with van der Waals surface area (Å²) in [4.78, 5) is 0. The van der Waals surface area contributed by atoms with Gasteiger partial charge in [0, 0.05) is 13.2 Å². The molecular formula is C13H27NO2. The van der Waals surface area contributed by atoms with Crippen LogP contribution in [-0.4, -0.2) is 37.5 Å². The van der Waals surface area contributed by atoms with Crippen LogP contribution in [0.2, 0.25) is 0 Å². The van der Waals surface area contributed by atoms with Crippen LogP contribution in [0.5, 0.6) is 0 Å². The monoisotopic (exact) mass is 229 g/mol. The van der Waals surface area contributed by atoms with Gasteiger partial charge in [0.05, 0.1) is 6.10 Å². The smallest absolute Gasteiger partial charge is 0.0576 e. The van der Waals surface area contributed by atoms with E-state index in [1.165, 1.54) is 38.5 Å². The van der Waals surface area contributed by atoms with Crippen LogP contribution in [0.15, 0.2) is 0 Å². The molecule has 1 heterocycles. The van der Waals surface area contributed by atoms with Crippen molar-refractivity contribution in [2.24, 2.45) is 0 Å². The van der Waals surface area contributed by atoms with E-state index in [-0.39, 0.29) is 0 Å². The number of aliphatic hydroxyl groups excluding tert-OH is 1. The zero-order valence-corrected chi connectivity index (χ0v) is 10.4. The second-order valence-corrected chi connectivity index (χ2v) is 4.67. The highest BCUT2D eigenvalue weighted by Crippen LogP contribution is 2.16. The maximum absolute atomic E-state index is 8.62. The second-order valence-electron chi connectivity index (χ2n) is 4.67. The molecule has 1 unspecified atom stereocenters. The van der Waals surface area contributed by atoms with E-state index in [1.54, 1.807) is 0 Å². The van der Waals surface area contributed by atoms with Crippen LogP contribution >= 0.6 is 0 Å². The molecule has 1 fully saturated rings. The molecule has 0 aromatic carbocycles. The van der Waals surface area contributed by atoms with E-state index in [2.05, 4.69) is 5.32 Å². The summed E-state index contributed by atoms with van der Waals surface area (Å²) in [7, 11) is 0. The average molecular weight is 229 g/mol. The van der Waals surface area contributed by atoms with Crippen LogP contribution in [0.4, 0.5) is 0 Å². The molecule has 1 atom stereocenters. The van der Waals surface area contributed by atoms with E-state index in [1.807, 2.05) is 0 Å². The molecule has 0 radical (unpaired) electrons. The zero-order chi connectivity index (χ0) is 11.5. The molecule has 0 aromatic heterocycles. The van der Waals surface area contributed by atoms with Crippen molar-refractivity contribution in [3.63, 3.8) is 0 Å². The predicted octanol–water partition coefficient (Wildman–Crippen LogP) is 2.09. The fourth-order valence-electron chi connectivity index (χ4n) is 2.17. The third-order valence-electron chi connectivity index (χ3n) is 3.17. The minimum Gasteiger partial charge on any atom is -0.396 e. The molecule has 0 amide bonds. The molecule has 16 heavy (non-hydrogen) atoms. The number of hydrogen-bond donors (Lipinski definition) is 2. The Bertz CT molecular complexity index is 147. The van der Waals surface area contributed by atoms with E-state index in [0.29, 0.717) is 12.7 Å². The summed E-state index contributed by atoms with van der Waals surface area (Å²) in [6.07, 6.45) is 10.1. The van der Waals surface area contributed by atoms with Crippen LogP contribution in [-0.2, 0) is 4.74 Å². The first kappa shape index (κ1) is 13.9. The molecule has 0 bridgehead atoms. The van der Waals surface area contributed by atoms with Gasteiger partial charge in [0.1, 0.15) is 0 Å². The zero-order valence-electron chi connectivity index (χ0n) is 10.4. The van der Waals surface area contributed by atoms with Gasteiger partial charge in [-0.15, -0.1) is 0 Å². The Kier molecular flexibility index (Phi) is 8.77. The molecule has 1 aliphatic rings. The first-order valence-corrected chi connectivity index (χ1v) is 6.86. The standard InChI is InChI=1S/C13H27NO2/c15-11-4-2-1-3-9-14-10-5-7-13-8-6-12-16-13/h13-15H,1-12H2. The minimum atomic E-state index is 0.342. The lowest BCUT2D eigenvalue weighted by atomic mass is 10.1. The lowest BCUT2D eigenvalue weighted by Gasteiger charge is -2.09. The minimum absolute atomic E-state index is 0.342. The number of ether oxygens (including phenoxy) is 1. The number of rotatable bonds is 10. The van der Waals surface area contributed by atoms with Crippen LogP contribution in [0.1, 0.15) is 51.4 Å². The maximum Gasteiger partial charge on any atom is 0.0576 e. The lowest BCUT2D eigenvalue weighted by molar-refractivity contribution is 0.102. The summed E-state index contributed by atoms with van der Waals surface area (Å²) < 4.78 is 5.57. The van der Waals surface area contributed by atoms with Gasteiger partial charge in [-0.25, -0.2) is 0 Å². The number of hydrogen-bond acceptors (Lipinski definition) is 3. The predicted molar refractivity (Wildman–Crippen MR) is 66.6 cm³/mol. The van der Waals surface area contributed by atoms with Crippen molar-refractivity contribution < 1.29 is 9.84 Å². The summed E-state index contributed by atoms with van der Waals surface area (Å²) in [6, 6.07) is 0. The Balaban J connectivity index is 1.71. The molecule has 1 rings (SSSR count). The van der Waals surface area contributed by atoms with Crippen LogP contribution in [0.25, 0.3) is 0 Å². The molecule has 96 valence electrons. The largest absolute Gasteiger partial charge is 0.396 e. The molecule has 0 saturated carbocycles. The van der Waals surface area contributed by atoms with E-state index < -0.39 is 0 Å². The highest BCUT2D eigenvalue weighted by Gasteiger charge is 2.13. The quantitative estimate of drug-likeness (QED) is 0.564. The average Bonchev–Trinajstić information content (AvgIpc) is 2.80. The third-order valence-corrected chi connectivity index (χ3v) is 3.17. The van der Waals surface area contributed by atoms with Gasteiger partial charge in [0.25, 0.3) is 0 Å².